The normalized spacial score (nSPS) is 12.8. The van der Waals surface area contributed by atoms with Crippen molar-refractivity contribution in [2.75, 3.05) is 4.90 Å². The second-order valence-electron chi connectivity index (χ2n) is 13.7. The Hall–Kier alpha value is -6.70. The molecule has 0 fully saturated rings. The molecule has 0 aromatic heterocycles. The van der Waals surface area contributed by atoms with Gasteiger partial charge in [-0.15, -0.1) is 0 Å². The minimum absolute atomic E-state index is 0.476. The van der Waals surface area contributed by atoms with Gasteiger partial charge in [0.15, 0.2) is 0 Å². The molecule has 0 N–H and O–H groups in total. The highest BCUT2D eigenvalue weighted by molar-refractivity contribution is 5.98. The van der Waals surface area contributed by atoms with Gasteiger partial charge in [-0.2, -0.15) is 0 Å². The number of fused-ring (bicyclic) bond motifs is 10. The monoisotopic (exact) mass is 661 g/mol. The van der Waals surface area contributed by atoms with Crippen LogP contribution in [0.1, 0.15) is 38.9 Å². The summed E-state index contributed by atoms with van der Waals surface area (Å²) in [6.45, 7) is 0. The average molecular weight is 662 g/mol. The predicted octanol–water partition coefficient (Wildman–Crippen LogP) is 13.1. The Morgan fingerprint density at radius 2 is 0.769 bits per heavy atom. The molecule has 0 aliphatic heterocycles. The molecule has 8 aromatic carbocycles. The van der Waals surface area contributed by atoms with E-state index in [1.54, 1.807) is 0 Å². The van der Waals surface area contributed by atoms with Crippen molar-refractivity contribution in [3.05, 3.63) is 245 Å². The van der Waals surface area contributed by atoms with Crippen LogP contribution < -0.4 is 4.90 Å². The van der Waals surface area contributed by atoms with Gasteiger partial charge in [0.1, 0.15) is 0 Å². The number of nitrogens with zero attached hydrogens (tertiary/aromatic N) is 1. The van der Waals surface area contributed by atoms with Crippen LogP contribution in [0.4, 0.5) is 17.1 Å². The summed E-state index contributed by atoms with van der Waals surface area (Å²) in [4.78, 5) is 2.38. The van der Waals surface area contributed by atoms with Crippen molar-refractivity contribution in [3.63, 3.8) is 0 Å². The van der Waals surface area contributed by atoms with Gasteiger partial charge in [0.05, 0.1) is 5.41 Å². The van der Waals surface area contributed by atoms with Crippen LogP contribution in [0.5, 0.6) is 0 Å². The minimum atomic E-state index is -0.476. The third-order valence-corrected chi connectivity index (χ3v) is 10.9. The van der Waals surface area contributed by atoms with Gasteiger partial charge >= 0.3 is 0 Å². The van der Waals surface area contributed by atoms with Crippen LogP contribution in [0, 0.1) is 0 Å². The SMILES string of the molecule is C(=C(c1ccccc1)c1ccccc1)c1ccc2c(c1)C1(c3ccccc3-c3ccccc31)c1cc(N(c3ccccc3)c3ccccc3)ccc1-2. The van der Waals surface area contributed by atoms with E-state index in [1.165, 1.54) is 66.8 Å². The van der Waals surface area contributed by atoms with Crippen LogP contribution in [0.15, 0.2) is 206 Å². The van der Waals surface area contributed by atoms with E-state index in [9.17, 15) is 0 Å². The van der Waals surface area contributed by atoms with E-state index in [0.717, 1.165) is 17.1 Å². The van der Waals surface area contributed by atoms with Crippen molar-refractivity contribution in [1.29, 1.82) is 0 Å². The van der Waals surface area contributed by atoms with Gasteiger partial charge in [-0.25, -0.2) is 0 Å². The first-order valence-electron chi connectivity index (χ1n) is 18.0. The van der Waals surface area contributed by atoms with Gasteiger partial charge < -0.3 is 4.90 Å². The molecule has 0 amide bonds. The minimum Gasteiger partial charge on any atom is -0.310 e. The number of hydrogen-bond donors (Lipinski definition) is 0. The molecule has 0 atom stereocenters. The van der Waals surface area contributed by atoms with Gasteiger partial charge in [0, 0.05) is 17.1 Å². The fraction of sp³-hybridized carbons (Fsp3) is 0.0196. The zero-order valence-electron chi connectivity index (χ0n) is 28.7. The number of para-hydroxylation sites is 2. The lowest BCUT2D eigenvalue weighted by Gasteiger charge is -2.32. The maximum Gasteiger partial charge on any atom is 0.0726 e. The lowest BCUT2D eigenvalue weighted by Crippen LogP contribution is -2.26. The van der Waals surface area contributed by atoms with Crippen LogP contribution in [-0.2, 0) is 5.41 Å². The Labute approximate surface area is 305 Å². The summed E-state index contributed by atoms with van der Waals surface area (Å²) < 4.78 is 0. The van der Waals surface area contributed by atoms with Gasteiger partial charge in [-0.3, -0.25) is 0 Å². The Morgan fingerprint density at radius 1 is 0.346 bits per heavy atom. The van der Waals surface area contributed by atoms with Crippen LogP contribution in [-0.4, -0.2) is 0 Å². The van der Waals surface area contributed by atoms with E-state index in [2.05, 4.69) is 217 Å². The van der Waals surface area contributed by atoms with E-state index in [4.69, 9.17) is 0 Å². The summed E-state index contributed by atoms with van der Waals surface area (Å²) in [5.74, 6) is 0. The quantitative estimate of drug-likeness (QED) is 0.160. The highest BCUT2D eigenvalue weighted by Gasteiger charge is 2.51. The molecule has 10 rings (SSSR count). The molecule has 2 aliphatic rings. The number of rotatable bonds is 6. The standard InChI is InChI=1S/C51H35N/c1-5-17-37(18-6-1)46(38-19-7-2-8-20-38)33-36-29-31-44-45-32-30-41(52(39-21-9-3-10-22-39)40-23-11-4-12-24-40)35-50(45)51(49(44)34-36)47-27-15-13-25-42(47)43-26-14-16-28-48(43)51/h1-35H. The Bertz CT molecular complexity index is 2480. The molecule has 1 heteroatoms. The third-order valence-electron chi connectivity index (χ3n) is 10.9. The molecule has 1 nitrogen and oxygen atoms in total. The molecule has 0 unspecified atom stereocenters. The van der Waals surface area contributed by atoms with Crippen molar-refractivity contribution >= 4 is 28.7 Å². The Morgan fingerprint density at radius 3 is 1.31 bits per heavy atom. The second kappa shape index (κ2) is 12.3. The van der Waals surface area contributed by atoms with Crippen molar-refractivity contribution in [3.8, 4) is 22.3 Å². The predicted molar refractivity (Wildman–Crippen MR) is 217 cm³/mol. The summed E-state index contributed by atoms with van der Waals surface area (Å²) in [7, 11) is 0. The first kappa shape index (κ1) is 30.2. The fourth-order valence-electron chi connectivity index (χ4n) is 8.71. The molecule has 0 saturated carbocycles. The summed E-state index contributed by atoms with van der Waals surface area (Å²) in [6, 6.07) is 75.3. The number of hydrogen-bond acceptors (Lipinski definition) is 1. The molecule has 52 heavy (non-hydrogen) atoms. The number of benzene rings is 8. The molecule has 0 saturated heterocycles. The summed E-state index contributed by atoms with van der Waals surface area (Å²) >= 11 is 0. The van der Waals surface area contributed by atoms with Crippen molar-refractivity contribution in [2.45, 2.75) is 5.41 Å². The largest absolute Gasteiger partial charge is 0.310 e. The molecule has 0 heterocycles. The van der Waals surface area contributed by atoms with Crippen molar-refractivity contribution in [2.24, 2.45) is 0 Å². The third kappa shape index (κ3) is 4.63. The summed E-state index contributed by atoms with van der Waals surface area (Å²) in [5, 5.41) is 0. The molecule has 8 aromatic rings. The molecule has 0 radical (unpaired) electrons. The highest BCUT2D eigenvalue weighted by Crippen LogP contribution is 2.63. The lowest BCUT2D eigenvalue weighted by atomic mass is 9.70. The van der Waals surface area contributed by atoms with E-state index in [1.807, 2.05) is 0 Å². The molecule has 1 spiro atoms. The van der Waals surface area contributed by atoms with E-state index < -0.39 is 5.41 Å². The Kier molecular flexibility index (Phi) is 7.11. The first-order chi connectivity index (χ1) is 25.8. The zero-order valence-corrected chi connectivity index (χ0v) is 28.7. The molecule has 2 aliphatic carbocycles. The summed E-state index contributed by atoms with van der Waals surface area (Å²) in [5.41, 5.74) is 18.2. The molecular weight excluding hydrogens is 627 g/mol. The average Bonchev–Trinajstić information content (AvgIpc) is 3.68. The van der Waals surface area contributed by atoms with Crippen molar-refractivity contribution in [1.82, 2.24) is 0 Å². The van der Waals surface area contributed by atoms with E-state index >= 15 is 0 Å². The van der Waals surface area contributed by atoms with Crippen molar-refractivity contribution < 1.29 is 0 Å². The lowest BCUT2D eigenvalue weighted by molar-refractivity contribution is 0.793. The van der Waals surface area contributed by atoms with Gasteiger partial charge in [-0.1, -0.05) is 164 Å². The first-order valence-corrected chi connectivity index (χ1v) is 18.0. The Balaban J connectivity index is 1.24. The second-order valence-corrected chi connectivity index (χ2v) is 13.7. The topological polar surface area (TPSA) is 3.24 Å². The fourth-order valence-corrected chi connectivity index (χ4v) is 8.71. The molecular formula is C51H35N. The van der Waals surface area contributed by atoms with Gasteiger partial charge in [0.2, 0.25) is 0 Å². The molecule has 244 valence electrons. The maximum absolute atomic E-state index is 2.46. The number of anilines is 3. The smallest absolute Gasteiger partial charge is 0.0726 e. The van der Waals surface area contributed by atoms with Crippen LogP contribution >= 0.6 is 0 Å². The van der Waals surface area contributed by atoms with Crippen LogP contribution in [0.2, 0.25) is 0 Å². The maximum atomic E-state index is 2.46. The van der Waals surface area contributed by atoms with E-state index in [-0.39, 0.29) is 0 Å². The molecule has 0 bridgehead atoms. The van der Waals surface area contributed by atoms with Gasteiger partial charge in [0.25, 0.3) is 0 Å². The van der Waals surface area contributed by atoms with Crippen LogP contribution in [0.3, 0.4) is 0 Å². The van der Waals surface area contributed by atoms with E-state index in [0.29, 0.717) is 0 Å². The van der Waals surface area contributed by atoms with Crippen LogP contribution in [0.25, 0.3) is 33.9 Å². The van der Waals surface area contributed by atoms with Gasteiger partial charge in [-0.05, 0) is 115 Å². The summed E-state index contributed by atoms with van der Waals surface area (Å²) in [6.07, 6.45) is 2.37. The highest BCUT2D eigenvalue weighted by atomic mass is 15.1. The zero-order chi connectivity index (χ0) is 34.5.